The number of esters is 1. The van der Waals surface area contributed by atoms with Crippen molar-refractivity contribution >= 4 is 40.6 Å². The fraction of sp³-hybridized carbons (Fsp3) is 0.200. The number of rotatable bonds is 5. The summed E-state index contributed by atoms with van der Waals surface area (Å²) < 4.78 is 6.78. The predicted octanol–water partition coefficient (Wildman–Crippen LogP) is 2.50. The van der Waals surface area contributed by atoms with Crippen LogP contribution >= 0.6 is 11.8 Å². The minimum Gasteiger partial charge on any atom is -0.468 e. The van der Waals surface area contributed by atoms with Gasteiger partial charge in [-0.3, -0.25) is 19.3 Å². The van der Waals surface area contributed by atoms with Gasteiger partial charge in [0.15, 0.2) is 5.16 Å². The molecule has 0 saturated carbocycles. The first kappa shape index (κ1) is 18.2. The molecule has 1 aromatic heterocycles. The Morgan fingerprint density at radius 3 is 2.29 bits per heavy atom. The summed E-state index contributed by atoms with van der Waals surface area (Å²) >= 11 is 1.17. The molecular weight excluding hydrogens is 378 g/mol. The van der Waals surface area contributed by atoms with Crippen molar-refractivity contribution in [1.82, 2.24) is 14.5 Å². The van der Waals surface area contributed by atoms with Gasteiger partial charge < -0.3 is 9.30 Å². The van der Waals surface area contributed by atoms with E-state index in [4.69, 9.17) is 4.74 Å². The summed E-state index contributed by atoms with van der Waals surface area (Å²) in [5.41, 5.74) is 2.43. The number of hydrogen-bond donors (Lipinski definition) is 0. The maximum Gasteiger partial charge on any atom is 0.321 e. The molecule has 4 rings (SSSR count). The van der Waals surface area contributed by atoms with Gasteiger partial charge in [-0.25, -0.2) is 4.98 Å². The van der Waals surface area contributed by atoms with Crippen molar-refractivity contribution in [2.24, 2.45) is 7.05 Å². The number of carbonyl (C=O) groups excluding carboxylic acids is 3. The molecule has 2 heterocycles. The van der Waals surface area contributed by atoms with Crippen LogP contribution in [0, 0.1) is 0 Å². The van der Waals surface area contributed by atoms with Crippen molar-refractivity contribution in [2.45, 2.75) is 10.4 Å². The van der Waals surface area contributed by atoms with Crippen LogP contribution in [0.5, 0.6) is 0 Å². The zero-order valence-corrected chi connectivity index (χ0v) is 16.1. The van der Waals surface area contributed by atoms with Crippen molar-refractivity contribution in [3.05, 3.63) is 59.7 Å². The number of benzene rings is 2. The summed E-state index contributed by atoms with van der Waals surface area (Å²) in [5.74, 6) is -1.33. The summed E-state index contributed by atoms with van der Waals surface area (Å²) in [6.45, 7) is -0.0904. The minimum atomic E-state index is -0.789. The lowest BCUT2D eigenvalue weighted by molar-refractivity contribution is -0.140. The summed E-state index contributed by atoms with van der Waals surface area (Å²) in [5, 5.41) is -0.184. The highest BCUT2D eigenvalue weighted by Gasteiger charge is 2.38. The largest absolute Gasteiger partial charge is 0.468 e. The molecule has 1 atom stereocenters. The topological polar surface area (TPSA) is 81.5 Å². The molecule has 0 N–H and O–H groups in total. The van der Waals surface area contributed by atoms with Gasteiger partial charge in [0, 0.05) is 7.05 Å². The average Bonchev–Trinajstić information content (AvgIpc) is 3.16. The molecule has 142 valence electrons. The highest BCUT2D eigenvalue weighted by atomic mass is 32.2. The SMILES string of the molecule is COC(=O)C(CN1C(=O)c2ccccc2C1=O)Sc1nc2ccccc2n1C. The Bertz CT molecular complexity index is 1070. The van der Waals surface area contributed by atoms with E-state index in [0.29, 0.717) is 16.3 Å². The molecule has 0 radical (unpaired) electrons. The number of amides is 2. The number of hydrogen-bond acceptors (Lipinski definition) is 6. The lowest BCUT2D eigenvalue weighted by Crippen LogP contribution is -2.39. The van der Waals surface area contributed by atoms with Crippen LogP contribution < -0.4 is 0 Å². The summed E-state index contributed by atoms with van der Waals surface area (Å²) in [7, 11) is 3.14. The molecule has 1 aliphatic heterocycles. The second-order valence-corrected chi connectivity index (χ2v) is 7.51. The summed E-state index contributed by atoms with van der Waals surface area (Å²) in [6.07, 6.45) is 0. The van der Waals surface area contributed by atoms with E-state index >= 15 is 0 Å². The van der Waals surface area contributed by atoms with Crippen molar-refractivity contribution < 1.29 is 19.1 Å². The minimum absolute atomic E-state index is 0.0904. The van der Waals surface area contributed by atoms with E-state index in [1.807, 2.05) is 35.9 Å². The van der Waals surface area contributed by atoms with E-state index in [-0.39, 0.29) is 6.54 Å². The van der Waals surface area contributed by atoms with Crippen LogP contribution in [0.15, 0.2) is 53.7 Å². The molecule has 0 bridgehead atoms. The van der Waals surface area contributed by atoms with Crippen LogP contribution in [0.2, 0.25) is 0 Å². The monoisotopic (exact) mass is 395 g/mol. The molecule has 2 amide bonds. The number of methoxy groups -OCH3 is 1. The molecule has 1 unspecified atom stereocenters. The van der Waals surface area contributed by atoms with Crippen molar-refractivity contribution in [1.29, 1.82) is 0 Å². The number of para-hydroxylation sites is 2. The third-order valence-electron chi connectivity index (χ3n) is 4.68. The Morgan fingerprint density at radius 2 is 1.68 bits per heavy atom. The number of ether oxygens (including phenoxy) is 1. The predicted molar refractivity (Wildman–Crippen MR) is 104 cm³/mol. The summed E-state index contributed by atoms with van der Waals surface area (Å²) in [6, 6.07) is 14.3. The molecule has 0 saturated heterocycles. The van der Waals surface area contributed by atoms with E-state index in [1.165, 1.54) is 18.9 Å². The van der Waals surface area contributed by atoms with E-state index in [2.05, 4.69) is 4.98 Å². The third-order valence-corrected chi connectivity index (χ3v) is 5.89. The van der Waals surface area contributed by atoms with E-state index < -0.39 is 23.0 Å². The first-order valence-corrected chi connectivity index (χ1v) is 9.50. The smallest absolute Gasteiger partial charge is 0.321 e. The van der Waals surface area contributed by atoms with Gasteiger partial charge >= 0.3 is 5.97 Å². The van der Waals surface area contributed by atoms with Crippen LogP contribution in [-0.4, -0.2) is 51.1 Å². The lowest BCUT2D eigenvalue weighted by atomic mass is 10.1. The molecule has 0 spiro atoms. The van der Waals surface area contributed by atoms with Gasteiger partial charge in [0.25, 0.3) is 11.8 Å². The molecular formula is C20H17N3O4S. The number of imidazole rings is 1. The first-order valence-electron chi connectivity index (χ1n) is 8.62. The molecule has 3 aromatic rings. The Labute approximate surface area is 165 Å². The highest BCUT2D eigenvalue weighted by Crippen LogP contribution is 2.30. The fourth-order valence-electron chi connectivity index (χ4n) is 3.22. The van der Waals surface area contributed by atoms with E-state index in [0.717, 1.165) is 15.9 Å². The van der Waals surface area contributed by atoms with Gasteiger partial charge in [0.2, 0.25) is 0 Å². The summed E-state index contributed by atoms with van der Waals surface area (Å²) in [4.78, 5) is 43.3. The molecule has 1 aliphatic rings. The quantitative estimate of drug-likeness (QED) is 0.375. The van der Waals surface area contributed by atoms with Crippen LogP contribution in [0.4, 0.5) is 0 Å². The standard InChI is InChI=1S/C20H17N3O4S/c1-22-15-10-6-5-9-14(15)21-20(22)28-16(19(26)27-2)11-23-17(24)12-7-3-4-8-13(12)18(23)25/h3-10,16H,11H2,1-2H3. The molecule has 2 aromatic carbocycles. The van der Waals surface area contributed by atoms with Gasteiger partial charge in [-0.2, -0.15) is 0 Å². The van der Waals surface area contributed by atoms with Crippen LogP contribution in [0.3, 0.4) is 0 Å². The molecule has 0 aliphatic carbocycles. The van der Waals surface area contributed by atoms with Gasteiger partial charge in [0.1, 0.15) is 5.25 Å². The van der Waals surface area contributed by atoms with Gasteiger partial charge in [-0.05, 0) is 24.3 Å². The number of nitrogens with zero attached hydrogens (tertiary/aromatic N) is 3. The Kier molecular flexibility index (Phi) is 4.64. The third kappa shape index (κ3) is 2.95. The number of aromatic nitrogens is 2. The lowest BCUT2D eigenvalue weighted by Gasteiger charge is -2.20. The fourth-order valence-corrected chi connectivity index (χ4v) is 4.30. The van der Waals surface area contributed by atoms with E-state index in [9.17, 15) is 14.4 Å². The number of carbonyl (C=O) groups is 3. The van der Waals surface area contributed by atoms with Crippen molar-refractivity contribution in [3.63, 3.8) is 0 Å². The number of thioether (sulfide) groups is 1. The van der Waals surface area contributed by atoms with E-state index in [1.54, 1.807) is 24.3 Å². The molecule has 28 heavy (non-hydrogen) atoms. The van der Waals surface area contributed by atoms with Crippen LogP contribution in [0.25, 0.3) is 11.0 Å². The second-order valence-electron chi connectivity index (χ2n) is 6.34. The number of fused-ring (bicyclic) bond motifs is 2. The second kappa shape index (κ2) is 7.12. The van der Waals surface area contributed by atoms with Crippen LogP contribution in [0.1, 0.15) is 20.7 Å². The number of aryl methyl sites for hydroxylation is 1. The van der Waals surface area contributed by atoms with Gasteiger partial charge in [0.05, 0.1) is 35.8 Å². The molecule has 0 fully saturated rings. The normalized spacial score (nSPS) is 14.4. The Balaban J connectivity index is 1.63. The Morgan fingerprint density at radius 1 is 1.07 bits per heavy atom. The van der Waals surface area contributed by atoms with Crippen LogP contribution in [-0.2, 0) is 16.6 Å². The molecule has 7 nitrogen and oxygen atoms in total. The Hall–Kier alpha value is -3.13. The van der Waals surface area contributed by atoms with Crippen molar-refractivity contribution in [2.75, 3.05) is 13.7 Å². The zero-order valence-electron chi connectivity index (χ0n) is 15.3. The van der Waals surface area contributed by atoms with Gasteiger partial charge in [-0.15, -0.1) is 0 Å². The zero-order chi connectivity index (χ0) is 19.8. The molecule has 8 heteroatoms. The average molecular weight is 395 g/mol. The number of imide groups is 1. The van der Waals surface area contributed by atoms with Gasteiger partial charge in [-0.1, -0.05) is 36.0 Å². The van der Waals surface area contributed by atoms with Crippen molar-refractivity contribution in [3.8, 4) is 0 Å². The highest BCUT2D eigenvalue weighted by molar-refractivity contribution is 8.00. The maximum absolute atomic E-state index is 12.6. The maximum atomic E-state index is 12.6. The first-order chi connectivity index (χ1) is 13.5.